The zero-order valence-corrected chi connectivity index (χ0v) is 10.8. The second-order valence-corrected chi connectivity index (χ2v) is 6.29. The van der Waals surface area contributed by atoms with Crippen LogP contribution in [0.3, 0.4) is 0 Å². The summed E-state index contributed by atoms with van der Waals surface area (Å²) in [6.45, 7) is 11.9. The summed E-state index contributed by atoms with van der Waals surface area (Å²) in [5, 5.41) is 0. The molecular formula is C14H28N+. The Hall–Kier alpha value is -0.0400. The van der Waals surface area contributed by atoms with Crippen LogP contribution in [0.1, 0.15) is 52.9 Å². The van der Waals surface area contributed by atoms with Crippen LogP contribution in [0.4, 0.5) is 0 Å². The van der Waals surface area contributed by atoms with Crippen molar-refractivity contribution in [2.24, 2.45) is 11.8 Å². The predicted molar refractivity (Wildman–Crippen MR) is 65.7 cm³/mol. The van der Waals surface area contributed by atoms with Crippen molar-refractivity contribution in [3.63, 3.8) is 0 Å². The monoisotopic (exact) mass is 210 g/mol. The molecule has 88 valence electrons. The van der Waals surface area contributed by atoms with E-state index in [0.29, 0.717) is 0 Å². The van der Waals surface area contributed by atoms with Crippen molar-refractivity contribution >= 4 is 0 Å². The molecule has 2 aliphatic heterocycles. The van der Waals surface area contributed by atoms with E-state index in [-0.39, 0.29) is 0 Å². The molecule has 0 bridgehead atoms. The normalized spacial score (nSPS) is 41.4. The highest BCUT2D eigenvalue weighted by atomic mass is 15.4. The van der Waals surface area contributed by atoms with E-state index < -0.39 is 0 Å². The average Bonchev–Trinajstić information content (AvgIpc) is 2.34. The summed E-state index contributed by atoms with van der Waals surface area (Å²) < 4.78 is 1.46. The molecule has 0 aromatic carbocycles. The van der Waals surface area contributed by atoms with Crippen LogP contribution in [0.15, 0.2) is 0 Å². The first-order chi connectivity index (χ1) is 7.14. The van der Waals surface area contributed by atoms with Crippen molar-refractivity contribution in [2.45, 2.75) is 58.9 Å². The molecule has 2 fully saturated rings. The van der Waals surface area contributed by atoms with Gasteiger partial charge in [-0.15, -0.1) is 0 Å². The van der Waals surface area contributed by atoms with Crippen LogP contribution in [-0.4, -0.2) is 30.2 Å². The van der Waals surface area contributed by atoms with Gasteiger partial charge in [0.1, 0.15) is 0 Å². The first-order valence-electron chi connectivity index (χ1n) is 7.00. The van der Waals surface area contributed by atoms with E-state index in [0.717, 1.165) is 17.9 Å². The van der Waals surface area contributed by atoms with Gasteiger partial charge in [0.15, 0.2) is 0 Å². The Morgan fingerprint density at radius 1 is 0.800 bits per heavy atom. The van der Waals surface area contributed by atoms with Gasteiger partial charge in [-0.1, -0.05) is 13.8 Å². The second-order valence-electron chi connectivity index (χ2n) is 6.29. The molecular weight excluding hydrogens is 182 g/mol. The minimum Gasteiger partial charge on any atom is -0.321 e. The third-order valence-corrected chi connectivity index (χ3v) is 5.30. The maximum absolute atomic E-state index is 2.51. The SMILES string of the molecule is CC1CCC(C)[N+]2(CCCCC2)CC1C. The Morgan fingerprint density at radius 3 is 2.13 bits per heavy atom. The number of quaternary nitrogens is 1. The summed E-state index contributed by atoms with van der Waals surface area (Å²) in [6.07, 6.45) is 7.36. The number of rotatable bonds is 0. The lowest BCUT2D eigenvalue weighted by Gasteiger charge is -2.46. The molecule has 2 aliphatic rings. The van der Waals surface area contributed by atoms with Gasteiger partial charge >= 0.3 is 0 Å². The summed E-state index contributed by atoms with van der Waals surface area (Å²) >= 11 is 0. The quantitative estimate of drug-likeness (QED) is 0.537. The minimum absolute atomic E-state index is 0.928. The summed E-state index contributed by atoms with van der Waals surface area (Å²) in [7, 11) is 0. The van der Waals surface area contributed by atoms with Crippen LogP contribution < -0.4 is 0 Å². The third-order valence-electron chi connectivity index (χ3n) is 5.30. The van der Waals surface area contributed by atoms with E-state index in [2.05, 4.69) is 20.8 Å². The largest absolute Gasteiger partial charge is 0.321 e. The van der Waals surface area contributed by atoms with Gasteiger partial charge in [-0.2, -0.15) is 0 Å². The molecule has 1 spiro atoms. The van der Waals surface area contributed by atoms with Crippen molar-refractivity contribution in [3.8, 4) is 0 Å². The second kappa shape index (κ2) is 4.45. The topological polar surface area (TPSA) is 0 Å². The first kappa shape index (κ1) is 11.4. The summed E-state index contributed by atoms with van der Waals surface area (Å²) in [6, 6.07) is 0.928. The predicted octanol–water partition coefficient (Wildman–Crippen LogP) is 3.44. The van der Waals surface area contributed by atoms with Crippen LogP contribution in [0.5, 0.6) is 0 Å². The molecule has 2 heterocycles. The van der Waals surface area contributed by atoms with Gasteiger partial charge in [0.05, 0.1) is 25.7 Å². The van der Waals surface area contributed by atoms with Crippen molar-refractivity contribution in [1.29, 1.82) is 0 Å². The number of hydrogen-bond acceptors (Lipinski definition) is 0. The fourth-order valence-corrected chi connectivity index (χ4v) is 3.76. The zero-order valence-electron chi connectivity index (χ0n) is 10.8. The molecule has 2 rings (SSSR count). The minimum atomic E-state index is 0.928. The molecule has 3 atom stereocenters. The van der Waals surface area contributed by atoms with E-state index in [1.807, 2.05) is 0 Å². The fourth-order valence-electron chi connectivity index (χ4n) is 3.76. The summed E-state index contributed by atoms with van der Waals surface area (Å²) in [5.41, 5.74) is 0. The number of piperidine rings is 1. The van der Waals surface area contributed by atoms with Crippen molar-refractivity contribution in [1.82, 2.24) is 0 Å². The van der Waals surface area contributed by atoms with E-state index in [1.165, 1.54) is 56.2 Å². The summed E-state index contributed by atoms with van der Waals surface area (Å²) in [4.78, 5) is 0. The Labute approximate surface area is 95.4 Å². The molecule has 0 aromatic rings. The molecule has 0 saturated carbocycles. The lowest BCUT2D eigenvalue weighted by atomic mass is 9.92. The molecule has 1 heteroatoms. The Kier molecular flexibility index (Phi) is 3.39. The molecule has 1 nitrogen and oxygen atoms in total. The molecule has 0 aliphatic carbocycles. The number of hydrogen-bond donors (Lipinski definition) is 0. The van der Waals surface area contributed by atoms with Gasteiger partial charge in [0.2, 0.25) is 0 Å². The van der Waals surface area contributed by atoms with Crippen LogP contribution in [0.2, 0.25) is 0 Å². The molecule has 0 N–H and O–H groups in total. The van der Waals surface area contributed by atoms with Gasteiger partial charge in [0, 0.05) is 5.92 Å². The van der Waals surface area contributed by atoms with Gasteiger partial charge in [-0.3, -0.25) is 0 Å². The molecule has 2 saturated heterocycles. The van der Waals surface area contributed by atoms with Gasteiger partial charge in [-0.25, -0.2) is 0 Å². The van der Waals surface area contributed by atoms with Gasteiger partial charge < -0.3 is 4.48 Å². The van der Waals surface area contributed by atoms with Gasteiger partial charge in [0.25, 0.3) is 0 Å². The standard InChI is InChI=1S/C14H28N/c1-12-7-8-14(3)15(11-13(12)2)9-5-4-6-10-15/h12-14H,4-11H2,1-3H3/q+1. The Morgan fingerprint density at radius 2 is 1.47 bits per heavy atom. The van der Waals surface area contributed by atoms with Crippen molar-refractivity contribution < 1.29 is 4.48 Å². The summed E-state index contributed by atoms with van der Waals surface area (Å²) in [5.74, 6) is 1.89. The van der Waals surface area contributed by atoms with Gasteiger partial charge in [-0.05, 0) is 44.9 Å². The molecule has 0 radical (unpaired) electrons. The lowest BCUT2D eigenvalue weighted by Crippen LogP contribution is -2.58. The van der Waals surface area contributed by atoms with E-state index in [4.69, 9.17) is 0 Å². The fraction of sp³-hybridized carbons (Fsp3) is 1.00. The van der Waals surface area contributed by atoms with Crippen LogP contribution in [-0.2, 0) is 0 Å². The maximum Gasteiger partial charge on any atom is 0.0861 e. The van der Waals surface area contributed by atoms with E-state index in [1.54, 1.807) is 0 Å². The smallest absolute Gasteiger partial charge is 0.0861 e. The maximum atomic E-state index is 2.51. The highest BCUT2D eigenvalue weighted by Crippen LogP contribution is 2.34. The van der Waals surface area contributed by atoms with Crippen LogP contribution in [0, 0.1) is 11.8 Å². The number of nitrogens with zero attached hydrogens (tertiary/aromatic N) is 1. The van der Waals surface area contributed by atoms with Crippen LogP contribution >= 0.6 is 0 Å². The average molecular weight is 210 g/mol. The highest BCUT2D eigenvalue weighted by Gasteiger charge is 2.40. The first-order valence-corrected chi connectivity index (χ1v) is 7.00. The Balaban J connectivity index is 2.13. The lowest BCUT2D eigenvalue weighted by molar-refractivity contribution is -0.955. The molecule has 3 unspecified atom stereocenters. The van der Waals surface area contributed by atoms with Crippen molar-refractivity contribution in [2.75, 3.05) is 19.6 Å². The van der Waals surface area contributed by atoms with E-state index >= 15 is 0 Å². The zero-order chi connectivity index (χ0) is 10.9. The third kappa shape index (κ3) is 2.22. The highest BCUT2D eigenvalue weighted by molar-refractivity contribution is 4.72. The Bertz CT molecular complexity index is 205. The molecule has 0 amide bonds. The molecule has 0 aromatic heterocycles. The molecule has 15 heavy (non-hydrogen) atoms. The van der Waals surface area contributed by atoms with Crippen LogP contribution in [0.25, 0.3) is 0 Å². The van der Waals surface area contributed by atoms with E-state index in [9.17, 15) is 0 Å². The van der Waals surface area contributed by atoms with Crippen molar-refractivity contribution in [3.05, 3.63) is 0 Å².